The van der Waals surface area contributed by atoms with Crippen LogP contribution in [0.15, 0.2) is 0 Å². The second-order valence-corrected chi connectivity index (χ2v) is 3.16. The van der Waals surface area contributed by atoms with E-state index >= 15 is 0 Å². The Bertz CT molecular complexity index is 284. The van der Waals surface area contributed by atoms with Crippen molar-refractivity contribution in [2.24, 2.45) is 0 Å². The molecule has 0 heterocycles. The number of nitrogens with one attached hydrogen (secondary N) is 1. The first-order valence-electron chi connectivity index (χ1n) is 5.39. The number of amides is 1. The highest BCUT2D eigenvalue weighted by Gasteiger charge is 2.16. The van der Waals surface area contributed by atoms with Gasteiger partial charge in [-0.25, -0.2) is 4.79 Å². The standard InChI is InChI=1S/C8H15NO3/c1-6(5-10)9-7(11)12-8(2,3)4/h5-6H,1-4H3,(H,9,11)/i1D3,6D. The number of carbonyl (C=O) groups is 2. The third kappa shape index (κ3) is 5.70. The van der Waals surface area contributed by atoms with Gasteiger partial charge in [0.1, 0.15) is 11.9 Å². The topological polar surface area (TPSA) is 55.4 Å². The highest BCUT2D eigenvalue weighted by Crippen LogP contribution is 2.06. The molecule has 0 spiro atoms. The first kappa shape index (κ1) is 5.56. The maximum atomic E-state index is 11.2. The van der Waals surface area contributed by atoms with E-state index in [1.807, 2.05) is 0 Å². The Morgan fingerprint density at radius 2 is 2.33 bits per heavy atom. The zero-order valence-corrected chi connectivity index (χ0v) is 7.30. The molecule has 4 heteroatoms. The monoisotopic (exact) mass is 177 g/mol. The van der Waals surface area contributed by atoms with Crippen molar-refractivity contribution in [2.75, 3.05) is 0 Å². The SMILES string of the molecule is [2H]C([2H])([2H])C([2H])(C=O)NC(=O)OC(C)(C)C. The average molecular weight is 177 g/mol. The maximum absolute atomic E-state index is 11.2. The molecule has 0 fully saturated rings. The molecule has 0 aliphatic heterocycles. The van der Waals surface area contributed by atoms with Gasteiger partial charge in [-0.1, -0.05) is 0 Å². The van der Waals surface area contributed by atoms with Gasteiger partial charge >= 0.3 is 6.09 Å². The van der Waals surface area contributed by atoms with E-state index in [0.717, 1.165) is 0 Å². The smallest absolute Gasteiger partial charge is 0.408 e. The van der Waals surface area contributed by atoms with Gasteiger partial charge in [-0.15, -0.1) is 0 Å². The number of carbonyl (C=O) groups excluding carboxylic acids is 2. The molecule has 0 aliphatic carbocycles. The van der Waals surface area contributed by atoms with Crippen molar-refractivity contribution >= 4 is 12.4 Å². The summed E-state index contributed by atoms with van der Waals surface area (Å²) in [6.07, 6.45) is -1.27. The minimum atomic E-state index is -2.95. The van der Waals surface area contributed by atoms with E-state index in [9.17, 15) is 9.59 Å². The zero-order valence-electron chi connectivity index (χ0n) is 11.3. The van der Waals surface area contributed by atoms with Crippen LogP contribution in [0.3, 0.4) is 0 Å². The van der Waals surface area contributed by atoms with Crippen LogP contribution in [0.5, 0.6) is 0 Å². The van der Waals surface area contributed by atoms with Gasteiger partial charge in [0.15, 0.2) is 0 Å². The molecule has 4 nitrogen and oxygen atoms in total. The lowest BCUT2D eigenvalue weighted by Crippen LogP contribution is -2.38. The molecular weight excluding hydrogens is 158 g/mol. The van der Waals surface area contributed by atoms with E-state index in [1.165, 1.54) is 0 Å². The molecule has 0 saturated carbocycles. The van der Waals surface area contributed by atoms with Gasteiger partial charge in [0.25, 0.3) is 0 Å². The summed E-state index contributed by atoms with van der Waals surface area (Å²) in [6, 6.07) is -2.69. The van der Waals surface area contributed by atoms with Gasteiger partial charge in [-0.05, 0) is 27.6 Å². The van der Waals surface area contributed by atoms with Crippen molar-refractivity contribution < 1.29 is 19.8 Å². The fourth-order valence-electron chi connectivity index (χ4n) is 0.443. The van der Waals surface area contributed by atoms with Crippen molar-refractivity contribution in [3.05, 3.63) is 0 Å². The molecule has 1 N–H and O–H groups in total. The predicted octanol–water partition coefficient (Wildman–Crippen LogP) is 1.10. The van der Waals surface area contributed by atoms with Crippen LogP contribution in [0, 0.1) is 0 Å². The Morgan fingerprint density at radius 1 is 1.75 bits per heavy atom. The number of rotatable bonds is 2. The summed E-state index contributed by atoms with van der Waals surface area (Å²) < 4.78 is 32.9. The molecular formula is C8H15NO3. The van der Waals surface area contributed by atoms with Crippen LogP contribution >= 0.6 is 0 Å². The van der Waals surface area contributed by atoms with E-state index < -0.39 is 24.6 Å². The lowest BCUT2D eigenvalue weighted by Gasteiger charge is -2.20. The summed E-state index contributed by atoms with van der Waals surface area (Å²) >= 11 is 0. The fourth-order valence-corrected chi connectivity index (χ4v) is 0.443. The molecule has 1 atom stereocenters. The summed E-state index contributed by atoms with van der Waals surface area (Å²) in [6.45, 7) is 1.78. The van der Waals surface area contributed by atoms with Gasteiger partial charge in [-0.2, -0.15) is 0 Å². The minimum Gasteiger partial charge on any atom is -0.444 e. The molecule has 12 heavy (non-hydrogen) atoms. The fraction of sp³-hybridized carbons (Fsp3) is 0.750. The van der Waals surface area contributed by atoms with E-state index in [1.54, 1.807) is 26.1 Å². The van der Waals surface area contributed by atoms with Gasteiger partial charge < -0.3 is 14.8 Å². The van der Waals surface area contributed by atoms with Gasteiger partial charge in [0.05, 0.1) is 7.39 Å². The summed E-state index contributed by atoms with van der Waals surface area (Å²) in [5.74, 6) is 0. The molecule has 0 rings (SSSR count). The Hall–Kier alpha value is -1.06. The van der Waals surface area contributed by atoms with Crippen LogP contribution in [-0.4, -0.2) is 24.0 Å². The molecule has 0 aromatic carbocycles. The van der Waals surface area contributed by atoms with Gasteiger partial charge in [0.2, 0.25) is 0 Å². The molecule has 0 radical (unpaired) electrons. The highest BCUT2D eigenvalue weighted by atomic mass is 16.6. The largest absolute Gasteiger partial charge is 0.444 e. The summed E-state index contributed by atoms with van der Waals surface area (Å²) in [4.78, 5) is 21.8. The van der Waals surface area contributed by atoms with Gasteiger partial charge in [-0.3, -0.25) is 0 Å². The third-order valence-corrected chi connectivity index (χ3v) is 0.753. The Labute approximate surface area is 77.9 Å². The summed E-state index contributed by atoms with van der Waals surface area (Å²) in [5.41, 5.74) is -0.831. The molecule has 0 aromatic rings. The highest BCUT2D eigenvalue weighted by molar-refractivity contribution is 5.73. The van der Waals surface area contributed by atoms with Crippen LogP contribution in [-0.2, 0) is 9.53 Å². The normalized spacial score (nSPS) is 21.9. The van der Waals surface area contributed by atoms with Crippen molar-refractivity contribution in [1.82, 2.24) is 5.32 Å². The molecule has 0 aliphatic rings. The van der Waals surface area contributed by atoms with Crippen molar-refractivity contribution in [2.45, 2.75) is 39.2 Å². The van der Waals surface area contributed by atoms with Crippen LogP contribution in [0.25, 0.3) is 0 Å². The zero-order chi connectivity index (χ0) is 13.2. The van der Waals surface area contributed by atoms with E-state index in [-0.39, 0.29) is 6.29 Å². The summed E-state index contributed by atoms with van der Waals surface area (Å²) in [5, 5.41) is 1.71. The predicted molar refractivity (Wildman–Crippen MR) is 44.9 cm³/mol. The van der Waals surface area contributed by atoms with Crippen molar-refractivity contribution in [3.8, 4) is 0 Å². The van der Waals surface area contributed by atoms with E-state index in [2.05, 4.69) is 0 Å². The van der Waals surface area contributed by atoms with Crippen LogP contribution in [0.1, 0.15) is 33.1 Å². The van der Waals surface area contributed by atoms with Gasteiger partial charge in [0, 0.05) is 4.11 Å². The molecule has 0 saturated heterocycles. The minimum absolute atomic E-state index is 0.149. The van der Waals surface area contributed by atoms with Crippen molar-refractivity contribution in [3.63, 3.8) is 0 Å². The lowest BCUT2D eigenvalue weighted by atomic mass is 10.2. The first-order valence-corrected chi connectivity index (χ1v) is 3.39. The van der Waals surface area contributed by atoms with Crippen molar-refractivity contribution in [1.29, 1.82) is 0 Å². The number of hydrogen-bond donors (Lipinski definition) is 1. The second-order valence-electron chi connectivity index (χ2n) is 3.16. The summed E-state index contributed by atoms with van der Waals surface area (Å²) in [7, 11) is 0. The van der Waals surface area contributed by atoms with Crippen LogP contribution < -0.4 is 5.32 Å². The average Bonchev–Trinajstić information content (AvgIpc) is 1.97. The second kappa shape index (κ2) is 4.09. The molecule has 0 bridgehead atoms. The number of aldehydes is 1. The molecule has 0 aromatic heterocycles. The van der Waals surface area contributed by atoms with Crippen LogP contribution in [0.4, 0.5) is 4.79 Å². The first-order chi connectivity index (χ1) is 6.91. The molecule has 1 unspecified atom stereocenters. The quantitative estimate of drug-likeness (QED) is 0.642. The third-order valence-electron chi connectivity index (χ3n) is 0.753. The molecule has 1 amide bonds. The van der Waals surface area contributed by atoms with Crippen LogP contribution in [0.2, 0.25) is 0 Å². The Kier molecular flexibility index (Phi) is 1.90. The maximum Gasteiger partial charge on any atom is 0.408 e. The van der Waals surface area contributed by atoms with E-state index in [4.69, 9.17) is 10.2 Å². The number of ether oxygens (including phenoxy) is 1. The van der Waals surface area contributed by atoms with E-state index in [0.29, 0.717) is 0 Å². The number of hydrogen-bond acceptors (Lipinski definition) is 3. The number of alkyl carbamates (subject to hydrolysis) is 1. The lowest BCUT2D eigenvalue weighted by molar-refractivity contribution is -0.109. The Morgan fingerprint density at radius 3 is 2.67 bits per heavy atom. The Balaban J connectivity index is 4.70. The molecule has 70 valence electrons.